The molecule has 0 saturated carbocycles. The van der Waals surface area contributed by atoms with Crippen molar-refractivity contribution in [3.05, 3.63) is 67.9 Å². The molecule has 1 atom stereocenters. The van der Waals surface area contributed by atoms with Gasteiger partial charge in [0.2, 0.25) is 0 Å². The SMILES string of the molecule is Fc1cc(C(Cl)c2cc(Br)ccc2F)c(F)cc1Br. The van der Waals surface area contributed by atoms with Gasteiger partial charge in [0.15, 0.2) is 0 Å². The highest BCUT2D eigenvalue weighted by Gasteiger charge is 2.21. The summed E-state index contributed by atoms with van der Waals surface area (Å²) in [4.78, 5) is 0. The van der Waals surface area contributed by atoms with Gasteiger partial charge in [0.25, 0.3) is 0 Å². The van der Waals surface area contributed by atoms with Crippen molar-refractivity contribution in [2.75, 3.05) is 0 Å². The van der Waals surface area contributed by atoms with Crippen LogP contribution in [0.25, 0.3) is 0 Å². The third-order valence-corrected chi connectivity index (χ3v) is 4.11. The Morgan fingerprint density at radius 3 is 2.16 bits per heavy atom. The lowest BCUT2D eigenvalue weighted by atomic mass is 10.0. The standard InChI is InChI=1S/C13H6Br2ClF3/c14-6-1-2-10(17)7(3-6)13(16)8-4-12(19)9(15)5-11(8)18/h1-5,13H. The van der Waals surface area contributed by atoms with Crippen LogP contribution < -0.4 is 0 Å². The molecule has 0 spiro atoms. The van der Waals surface area contributed by atoms with E-state index in [-0.39, 0.29) is 15.6 Å². The first-order valence-electron chi connectivity index (χ1n) is 5.13. The average molecular weight is 414 g/mol. The molecule has 6 heteroatoms. The van der Waals surface area contributed by atoms with Crippen LogP contribution in [-0.2, 0) is 0 Å². The molecule has 1 unspecified atom stereocenters. The van der Waals surface area contributed by atoms with Crippen LogP contribution in [0.5, 0.6) is 0 Å². The van der Waals surface area contributed by atoms with Crippen LogP contribution in [-0.4, -0.2) is 0 Å². The summed E-state index contributed by atoms with van der Waals surface area (Å²) in [6, 6.07) is 6.07. The number of alkyl halides is 1. The predicted octanol–water partition coefficient (Wildman–Crippen LogP) is 5.96. The molecule has 0 aliphatic carbocycles. The van der Waals surface area contributed by atoms with Crippen molar-refractivity contribution in [1.82, 2.24) is 0 Å². The Balaban J connectivity index is 2.52. The highest BCUT2D eigenvalue weighted by Crippen LogP contribution is 2.35. The largest absolute Gasteiger partial charge is 0.207 e. The monoisotopic (exact) mass is 412 g/mol. The van der Waals surface area contributed by atoms with E-state index in [4.69, 9.17) is 11.6 Å². The molecule has 19 heavy (non-hydrogen) atoms. The summed E-state index contributed by atoms with van der Waals surface area (Å²) in [6.07, 6.45) is 0. The topological polar surface area (TPSA) is 0 Å². The zero-order chi connectivity index (χ0) is 14.2. The summed E-state index contributed by atoms with van der Waals surface area (Å²) in [5, 5.41) is -1.11. The van der Waals surface area contributed by atoms with E-state index in [1.54, 1.807) is 0 Å². The third kappa shape index (κ3) is 3.15. The fraction of sp³-hybridized carbons (Fsp3) is 0.0769. The lowest BCUT2D eigenvalue weighted by Gasteiger charge is -2.13. The maximum Gasteiger partial charge on any atom is 0.137 e. The molecule has 0 heterocycles. The minimum atomic E-state index is -1.11. The Kier molecular flexibility index (Phi) is 4.58. The summed E-state index contributed by atoms with van der Waals surface area (Å²) >= 11 is 12.1. The van der Waals surface area contributed by atoms with E-state index in [0.29, 0.717) is 4.47 Å². The Morgan fingerprint density at radius 2 is 1.47 bits per heavy atom. The quantitative estimate of drug-likeness (QED) is 0.420. The molecular formula is C13H6Br2ClF3. The van der Waals surface area contributed by atoms with Gasteiger partial charge in [-0.25, -0.2) is 13.2 Å². The van der Waals surface area contributed by atoms with Crippen LogP contribution in [0, 0.1) is 17.5 Å². The molecule has 2 rings (SSSR count). The van der Waals surface area contributed by atoms with Crippen molar-refractivity contribution in [1.29, 1.82) is 0 Å². The second kappa shape index (κ2) is 5.85. The van der Waals surface area contributed by atoms with Gasteiger partial charge in [-0.05, 0) is 46.3 Å². The zero-order valence-electron chi connectivity index (χ0n) is 9.23. The van der Waals surface area contributed by atoms with Gasteiger partial charge in [-0.3, -0.25) is 0 Å². The van der Waals surface area contributed by atoms with Gasteiger partial charge in [0.05, 0.1) is 9.85 Å². The van der Waals surface area contributed by atoms with Gasteiger partial charge in [-0.2, -0.15) is 0 Å². The molecule has 2 aromatic carbocycles. The van der Waals surface area contributed by atoms with E-state index in [1.807, 2.05) is 0 Å². The molecule has 0 bridgehead atoms. The summed E-state index contributed by atoms with van der Waals surface area (Å²) in [7, 11) is 0. The molecule has 0 aromatic heterocycles. The molecule has 2 aromatic rings. The molecule has 0 saturated heterocycles. The zero-order valence-corrected chi connectivity index (χ0v) is 13.2. The minimum Gasteiger partial charge on any atom is -0.207 e. The minimum absolute atomic E-state index is 0.00710. The molecule has 0 aliphatic rings. The number of hydrogen-bond donors (Lipinski definition) is 0. The average Bonchev–Trinajstić information content (AvgIpc) is 2.36. The first-order chi connectivity index (χ1) is 8.90. The lowest BCUT2D eigenvalue weighted by molar-refractivity contribution is 0.576. The van der Waals surface area contributed by atoms with Crippen molar-refractivity contribution in [3.8, 4) is 0 Å². The van der Waals surface area contributed by atoms with Gasteiger partial charge in [0.1, 0.15) is 17.5 Å². The van der Waals surface area contributed by atoms with Crippen molar-refractivity contribution in [3.63, 3.8) is 0 Å². The number of halogens is 6. The van der Waals surface area contributed by atoms with Gasteiger partial charge >= 0.3 is 0 Å². The highest BCUT2D eigenvalue weighted by molar-refractivity contribution is 9.10. The van der Waals surface area contributed by atoms with E-state index < -0.39 is 22.8 Å². The van der Waals surface area contributed by atoms with E-state index in [0.717, 1.165) is 12.1 Å². The van der Waals surface area contributed by atoms with Crippen LogP contribution in [0.3, 0.4) is 0 Å². The fourth-order valence-corrected chi connectivity index (χ4v) is 2.64. The van der Waals surface area contributed by atoms with Crippen LogP contribution >= 0.6 is 43.5 Å². The van der Waals surface area contributed by atoms with Crippen molar-refractivity contribution >= 4 is 43.5 Å². The maximum absolute atomic E-state index is 13.8. The molecule has 0 amide bonds. The van der Waals surface area contributed by atoms with E-state index in [1.165, 1.54) is 18.2 Å². The Bertz CT molecular complexity index is 632. The Morgan fingerprint density at radius 1 is 0.842 bits per heavy atom. The Labute approximate surface area is 129 Å². The highest BCUT2D eigenvalue weighted by atomic mass is 79.9. The van der Waals surface area contributed by atoms with Gasteiger partial charge in [-0.1, -0.05) is 15.9 Å². The van der Waals surface area contributed by atoms with Gasteiger partial charge in [0, 0.05) is 15.6 Å². The molecule has 0 nitrogen and oxygen atoms in total. The first kappa shape index (κ1) is 14.9. The lowest BCUT2D eigenvalue weighted by Crippen LogP contribution is -2.01. The van der Waals surface area contributed by atoms with Crippen LogP contribution in [0.4, 0.5) is 13.2 Å². The van der Waals surface area contributed by atoms with Gasteiger partial charge in [-0.15, -0.1) is 11.6 Å². The van der Waals surface area contributed by atoms with Crippen LogP contribution in [0.1, 0.15) is 16.5 Å². The first-order valence-corrected chi connectivity index (χ1v) is 7.16. The molecule has 0 aliphatic heterocycles. The van der Waals surface area contributed by atoms with E-state index in [2.05, 4.69) is 31.9 Å². The second-order valence-corrected chi connectivity index (χ2v) is 6.02. The van der Waals surface area contributed by atoms with Crippen molar-refractivity contribution in [2.45, 2.75) is 5.38 Å². The maximum atomic E-state index is 13.8. The normalized spacial score (nSPS) is 12.5. The number of hydrogen-bond acceptors (Lipinski definition) is 0. The molecule has 0 N–H and O–H groups in total. The summed E-state index contributed by atoms with van der Waals surface area (Å²) in [6.45, 7) is 0. The third-order valence-electron chi connectivity index (χ3n) is 2.54. The summed E-state index contributed by atoms with van der Waals surface area (Å²) in [5.41, 5.74) is -0.0315. The fourth-order valence-electron chi connectivity index (χ4n) is 1.61. The Hall–Kier alpha value is -0.520. The summed E-state index contributed by atoms with van der Waals surface area (Å²) in [5.74, 6) is -1.93. The van der Waals surface area contributed by atoms with Crippen molar-refractivity contribution in [2.24, 2.45) is 0 Å². The van der Waals surface area contributed by atoms with Gasteiger partial charge < -0.3 is 0 Å². The number of benzene rings is 2. The predicted molar refractivity (Wildman–Crippen MR) is 75.9 cm³/mol. The van der Waals surface area contributed by atoms with E-state index >= 15 is 0 Å². The van der Waals surface area contributed by atoms with Crippen LogP contribution in [0.15, 0.2) is 39.3 Å². The molecule has 0 fully saturated rings. The molecular weight excluding hydrogens is 408 g/mol. The second-order valence-electron chi connectivity index (χ2n) is 3.82. The van der Waals surface area contributed by atoms with E-state index in [9.17, 15) is 13.2 Å². The smallest absolute Gasteiger partial charge is 0.137 e. The number of rotatable bonds is 2. The van der Waals surface area contributed by atoms with Crippen molar-refractivity contribution < 1.29 is 13.2 Å². The molecule has 100 valence electrons. The van der Waals surface area contributed by atoms with Crippen LogP contribution in [0.2, 0.25) is 0 Å². The summed E-state index contributed by atoms with van der Waals surface area (Å²) < 4.78 is 41.5. The molecule has 0 radical (unpaired) electrons.